The molecule has 30 heavy (non-hydrogen) atoms. The SMILES string of the molecule is CC(C)C(=O)Nc1ccc(C(=O)NNC(=O)[C@H](C)Oc2ccc(C(C)C)cc2)cc1. The van der Waals surface area contributed by atoms with Gasteiger partial charge in [-0.15, -0.1) is 0 Å². The number of carbonyl (C=O) groups excluding carboxylic acids is 3. The Morgan fingerprint density at radius 1 is 0.767 bits per heavy atom. The van der Waals surface area contributed by atoms with Crippen LogP contribution in [-0.2, 0) is 9.59 Å². The Morgan fingerprint density at radius 3 is 1.90 bits per heavy atom. The fourth-order valence-corrected chi connectivity index (χ4v) is 2.47. The fraction of sp³-hybridized carbons (Fsp3) is 0.348. The molecule has 3 N–H and O–H groups in total. The van der Waals surface area contributed by atoms with Gasteiger partial charge in [-0.3, -0.25) is 25.2 Å². The van der Waals surface area contributed by atoms with Crippen molar-refractivity contribution < 1.29 is 19.1 Å². The van der Waals surface area contributed by atoms with Crippen LogP contribution in [0.15, 0.2) is 48.5 Å². The number of ether oxygens (including phenoxy) is 1. The highest BCUT2D eigenvalue weighted by molar-refractivity contribution is 5.97. The minimum Gasteiger partial charge on any atom is -0.481 e. The van der Waals surface area contributed by atoms with Gasteiger partial charge in [-0.25, -0.2) is 0 Å². The molecule has 0 aliphatic carbocycles. The van der Waals surface area contributed by atoms with E-state index in [0.717, 1.165) is 0 Å². The molecule has 2 rings (SSSR count). The van der Waals surface area contributed by atoms with E-state index in [-0.39, 0.29) is 11.8 Å². The molecule has 0 aliphatic heterocycles. The second kappa shape index (κ2) is 10.4. The average Bonchev–Trinajstić information content (AvgIpc) is 2.72. The van der Waals surface area contributed by atoms with Crippen molar-refractivity contribution in [3.63, 3.8) is 0 Å². The Kier molecular flexibility index (Phi) is 7.98. The molecule has 0 aromatic heterocycles. The Bertz CT molecular complexity index is 874. The zero-order valence-corrected chi connectivity index (χ0v) is 18.0. The zero-order valence-electron chi connectivity index (χ0n) is 18.0. The molecule has 0 bridgehead atoms. The number of hydrazine groups is 1. The van der Waals surface area contributed by atoms with Gasteiger partial charge in [0.05, 0.1) is 0 Å². The Hall–Kier alpha value is -3.35. The van der Waals surface area contributed by atoms with E-state index in [2.05, 4.69) is 30.0 Å². The molecule has 7 nitrogen and oxygen atoms in total. The molecular formula is C23H29N3O4. The lowest BCUT2D eigenvalue weighted by atomic mass is 10.0. The first-order valence-electron chi connectivity index (χ1n) is 9.95. The molecule has 160 valence electrons. The molecule has 0 unspecified atom stereocenters. The Balaban J connectivity index is 1.84. The van der Waals surface area contributed by atoms with Gasteiger partial charge >= 0.3 is 0 Å². The summed E-state index contributed by atoms with van der Waals surface area (Å²) in [6.07, 6.45) is -0.788. The third-order valence-corrected chi connectivity index (χ3v) is 4.47. The van der Waals surface area contributed by atoms with Crippen molar-refractivity contribution >= 4 is 23.4 Å². The molecule has 1 atom stereocenters. The lowest BCUT2D eigenvalue weighted by molar-refractivity contribution is -0.128. The molecule has 2 aromatic carbocycles. The van der Waals surface area contributed by atoms with Crippen LogP contribution in [0.3, 0.4) is 0 Å². The number of benzene rings is 2. The van der Waals surface area contributed by atoms with Gasteiger partial charge in [-0.2, -0.15) is 0 Å². The van der Waals surface area contributed by atoms with Gasteiger partial charge in [-0.1, -0.05) is 39.8 Å². The maximum atomic E-state index is 12.2. The number of amides is 3. The number of nitrogens with one attached hydrogen (secondary N) is 3. The summed E-state index contributed by atoms with van der Waals surface area (Å²) >= 11 is 0. The minimum absolute atomic E-state index is 0.104. The van der Waals surface area contributed by atoms with E-state index in [1.165, 1.54) is 5.56 Å². The van der Waals surface area contributed by atoms with E-state index in [1.54, 1.807) is 45.0 Å². The van der Waals surface area contributed by atoms with Gasteiger partial charge in [0.1, 0.15) is 5.75 Å². The Labute approximate surface area is 177 Å². The quantitative estimate of drug-likeness (QED) is 0.606. The maximum absolute atomic E-state index is 12.2. The number of hydrogen-bond acceptors (Lipinski definition) is 4. The molecule has 0 saturated carbocycles. The Morgan fingerprint density at radius 2 is 1.37 bits per heavy atom. The third kappa shape index (κ3) is 6.62. The second-order valence-corrected chi connectivity index (χ2v) is 7.65. The summed E-state index contributed by atoms with van der Waals surface area (Å²) in [5, 5.41) is 2.75. The van der Waals surface area contributed by atoms with Crippen molar-refractivity contribution in [2.24, 2.45) is 5.92 Å². The van der Waals surface area contributed by atoms with E-state index in [9.17, 15) is 14.4 Å². The van der Waals surface area contributed by atoms with E-state index >= 15 is 0 Å². The van der Waals surface area contributed by atoms with Crippen LogP contribution in [0.4, 0.5) is 5.69 Å². The number of hydrogen-bond donors (Lipinski definition) is 3. The highest BCUT2D eigenvalue weighted by Crippen LogP contribution is 2.19. The van der Waals surface area contributed by atoms with Crippen molar-refractivity contribution in [1.82, 2.24) is 10.9 Å². The van der Waals surface area contributed by atoms with Crippen molar-refractivity contribution in [3.05, 3.63) is 59.7 Å². The van der Waals surface area contributed by atoms with Crippen LogP contribution in [-0.4, -0.2) is 23.8 Å². The predicted molar refractivity (Wildman–Crippen MR) is 116 cm³/mol. The average molecular weight is 412 g/mol. The van der Waals surface area contributed by atoms with Gasteiger partial charge in [0.25, 0.3) is 11.8 Å². The molecule has 0 aliphatic rings. The van der Waals surface area contributed by atoms with E-state index < -0.39 is 17.9 Å². The second-order valence-electron chi connectivity index (χ2n) is 7.65. The van der Waals surface area contributed by atoms with E-state index in [0.29, 0.717) is 22.9 Å². The lowest BCUT2D eigenvalue weighted by Gasteiger charge is -2.16. The van der Waals surface area contributed by atoms with Crippen LogP contribution in [0.25, 0.3) is 0 Å². The van der Waals surface area contributed by atoms with Crippen LogP contribution in [0.5, 0.6) is 5.75 Å². The zero-order chi connectivity index (χ0) is 22.3. The summed E-state index contributed by atoms with van der Waals surface area (Å²) in [5.74, 6) is -0.202. The number of carbonyl (C=O) groups is 3. The van der Waals surface area contributed by atoms with Gasteiger partial charge in [0.15, 0.2) is 6.10 Å². The highest BCUT2D eigenvalue weighted by atomic mass is 16.5. The van der Waals surface area contributed by atoms with Crippen molar-refractivity contribution in [1.29, 1.82) is 0 Å². The van der Waals surface area contributed by atoms with Gasteiger partial charge in [0.2, 0.25) is 5.91 Å². The maximum Gasteiger partial charge on any atom is 0.279 e. The first-order valence-corrected chi connectivity index (χ1v) is 9.95. The first-order chi connectivity index (χ1) is 14.2. The summed E-state index contributed by atoms with van der Waals surface area (Å²) in [4.78, 5) is 36.1. The van der Waals surface area contributed by atoms with Crippen LogP contribution >= 0.6 is 0 Å². The van der Waals surface area contributed by atoms with Gasteiger partial charge in [0, 0.05) is 17.2 Å². The largest absolute Gasteiger partial charge is 0.481 e. The lowest BCUT2D eigenvalue weighted by Crippen LogP contribution is -2.47. The third-order valence-electron chi connectivity index (χ3n) is 4.47. The fourth-order valence-electron chi connectivity index (χ4n) is 2.47. The van der Waals surface area contributed by atoms with Crippen LogP contribution in [0, 0.1) is 5.92 Å². The molecule has 2 aromatic rings. The van der Waals surface area contributed by atoms with Crippen LogP contribution in [0.2, 0.25) is 0 Å². The molecule has 0 heterocycles. The number of rotatable bonds is 7. The smallest absolute Gasteiger partial charge is 0.279 e. The van der Waals surface area contributed by atoms with Crippen molar-refractivity contribution in [2.45, 2.75) is 46.6 Å². The molecule has 0 radical (unpaired) electrons. The minimum atomic E-state index is -0.788. The van der Waals surface area contributed by atoms with Crippen molar-refractivity contribution in [2.75, 3.05) is 5.32 Å². The summed E-state index contributed by atoms with van der Waals surface area (Å²) < 4.78 is 5.62. The normalized spacial score (nSPS) is 11.7. The van der Waals surface area contributed by atoms with Crippen LogP contribution < -0.4 is 20.9 Å². The summed E-state index contributed by atoms with van der Waals surface area (Å²) in [5.41, 5.74) is 6.84. The molecule has 0 saturated heterocycles. The summed E-state index contributed by atoms with van der Waals surface area (Å²) in [6, 6.07) is 13.9. The summed E-state index contributed by atoms with van der Waals surface area (Å²) in [7, 11) is 0. The summed E-state index contributed by atoms with van der Waals surface area (Å²) in [6.45, 7) is 9.40. The first kappa shape index (κ1) is 22.9. The molecular weight excluding hydrogens is 382 g/mol. The monoisotopic (exact) mass is 411 g/mol. The highest BCUT2D eigenvalue weighted by Gasteiger charge is 2.16. The van der Waals surface area contributed by atoms with Gasteiger partial charge in [-0.05, 0) is 54.8 Å². The van der Waals surface area contributed by atoms with E-state index in [1.807, 2.05) is 24.3 Å². The van der Waals surface area contributed by atoms with E-state index in [4.69, 9.17) is 4.74 Å². The molecule has 0 spiro atoms. The predicted octanol–water partition coefficient (Wildman–Crippen LogP) is 3.63. The topological polar surface area (TPSA) is 96.5 Å². The van der Waals surface area contributed by atoms with Gasteiger partial charge < -0.3 is 10.1 Å². The van der Waals surface area contributed by atoms with Crippen molar-refractivity contribution in [3.8, 4) is 5.75 Å². The standard InChI is InChI=1S/C23H29N3O4/c1-14(2)17-8-12-20(13-9-17)30-16(5)22(28)25-26-23(29)18-6-10-19(11-7-18)24-21(27)15(3)4/h6-16H,1-5H3,(H,24,27)(H,25,28)(H,26,29)/t16-/m0/s1. The van der Waals surface area contributed by atoms with Crippen LogP contribution in [0.1, 0.15) is 56.5 Å². The molecule has 7 heteroatoms. The molecule has 3 amide bonds. The molecule has 0 fully saturated rings. The number of anilines is 1.